The molecule has 1 amide bonds. The van der Waals surface area contributed by atoms with Crippen LogP contribution in [0.5, 0.6) is 11.5 Å². The van der Waals surface area contributed by atoms with E-state index >= 15 is 0 Å². The van der Waals surface area contributed by atoms with Gasteiger partial charge in [-0.05, 0) is 50.0 Å². The number of nitrogens with one attached hydrogen (secondary N) is 2. The number of hydrogen-bond acceptors (Lipinski definition) is 6. The Morgan fingerprint density at radius 2 is 1.85 bits per heavy atom. The lowest BCUT2D eigenvalue weighted by atomic mass is 9.95. The summed E-state index contributed by atoms with van der Waals surface area (Å²) in [5, 5.41) is 5.92. The van der Waals surface area contributed by atoms with Crippen molar-refractivity contribution in [1.29, 1.82) is 0 Å². The van der Waals surface area contributed by atoms with Crippen LogP contribution in [0.3, 0.4) is 0 Å². The smallest absolute Gasteiger partial charge is 0.241 e. The predicted octanol–water partition coefficient (Wildman–Crippen LogP) is 0.705. The fourth-order valence-corrected chi connectivity index (χ4v) is 4.68. The molecule has 0 aliphatic carbocycles. The van der Waals surface area contributed by atoms with Crippen molar-refractivity contribution in [3.8, 4) is 11.5 Å². The van der Waals surface area contributed by atoms with Crippen molar-refractivity contribution >= 4 is 28.2 Å². The molecule has 0 spiro atoms. The van der Waals surface area contributed by atoms with Crippen LogP contribution in [0.15, 0.2) is 18.2 Å². The SMILES string of the molecule is CS(=O)(=O)C1(C(=O)NCCc2ccc3c(c2)OCCO3)CCNCC1.Cl. The van der Waals surface area contributed by atoms with Gasteiger partial charge in [0.2, 0.25) is 5.91 Å². The number of carbonyl (C=O) groups excluding carboxylic acids is 1. The number of halogens is 1. The summed E-state index contributed by atoms with van der Waals surface area (Å²) in [5.74, 6) is 1.04. The number of sulfone groups is 1. The first kappa shape index (κ1) is 20.8. The third kappa shape index (κ3) is 4.24. The van der Waals surface area contributed by atoms with E-state index in [0.29, 0.717) is 57.9 Å². The van der Waals surface area contributed by atoms with E-state index in [1.165, 1.54) is 0 Å². The predicted molar refractivity (Wildman–Crippen MR) is 101 cm³/mol. The second-order valence-corrected chi connectivity index (χ2v) is 8.83. The van der Waals surface area contributed by atoms with Crippen LogP contribution >= 0.6 is 12.4 Å². The number of fused-ring (bicyclic) bond motifs is 1. The van der Waals surface area contributed by atoms with Crippen LogP contribution in [0.1, 0.15) is 18.4 Å². The molecular formula is C17H25ClN2O5S. The van der Waals surface area contributed by atoms with Crippen LogP contribution in [-0.2, 0) is 21.1 Å². The van der Waals surface area contributed by atoms with Gasteiger partial charge in [-0.15, -0.1) is 12.4 Å². The Balaban J connectivity index is 0.00000243. The van der Waals surface area contributed by atoms with Crippen LogP contribution < -0.4 is 20.1 Å². The van der Waals surface area contributed by atoms with Gasteiger partial charge in [-0.2, -0.15) is 0 Å². The van der Waals surface area contributed by atoms with Gasteiger partial charge in [0.05, 0.1) is 0 Å². The van der Waals surface area contributed by atoms with Gasteiger partial charge >= 0.3 is 0 Å². The van der Waals surface area contributed by atoms with Gasteiger partial charge in [-0.1, -0.05) is 6.07 Å². The summed E-state index contributed by atoms with van der Waals surface area (Å²) in [6.45, 7) is 2.51. The highest BCUT2D eigenvalue weighted by Gasteiger charge is 2.48. The number of carbonyl (C=O) groups is 1. The minimum absolute atomic E-state index is 0. The number of benzene rings is 1. The molecule has 0 bridgehead atoms. The van der Waals surface area contributed by atoms with E-state index < -0.39 is 20.5 Å². The summed E-state index contributed by atoms with van der Waals surface area (Å²) in [6, 6.07) is 5.69. The average Bonchev–Trinajstić information content (AvgIpc) is 2.61. The monoisotopic (exact) mass is 404 g/mol. The summed E-state index contributed by atoms with van der Waals surface area (Å²) in [6.07, 6.45) is 2.36. The molecule has 2 heterocycles. The van der Waals surface area contributed by atoms with Crippen molar-refractivity contribution in [3.05, 3.63) is 23.8 Å². The molecule has 7 nitrogen and oxygen atoms in total. The van der Waals surface area contributed by atoms with Gasteiger partial charge in [0.25, 0.3) is 0 Å². The van der Waals surface area contributed by atoms with Crippen molar-refractivity contribution in [3.63, 3.8) is 0 Å². The topological polar surface area (TPSA) is 93.7 Å². The van der Waals surface area contributed by atoms with E-state index in [1.54, 1.807) is 0 Å². The van der Waals surface area contributed by atoms with E-state index in [-0.39, 0.29) is 12.4 Å². The molecule has 2 aliphatic rings. The van der Waals surface area contributed by atoms with Crippen LogP contribution in [0.25, 0.3) is 0 Å². The first-order valence-corrected chi connectivity index (χ1v) is 10.4. The van der Waals surface area contributed by atoms with E-state index in [2.05, 4.69) is 10.6 Å². The molecule has 2 N–H and O–H groups in total. The second kappa shape index (κ2) is 8.45. The number of rotatable bonds is 5. The van der Waals surface area contributed by atoms with Crippen molar-refractivity contribution in [2.24, 2.45) is 0 Å². The molecule has 1 aromatic rings. The van der Waals surface area contributed by atoms with Gasteiger partial charge in [-0.25, -0.2) is 8.42 Å². The van der Waals surface area contributed by atoms with Crippen molar-refractivity contribution in [2.45, 2.75) is 24.0 Å². The summed E-state index contributed by atoms with van der Waals surface area (Å²) in [7, 11) is -3.48. The molecule has 1 saturated heterocycles. The fraction of sp³-hybridized carbons (Fsp3) is 0.588. The summed E-state index contributed by atoms with van der Waals surface area (Å²) in [5.41, 5.74) is 1.00. The highest BCUT2D eigenvalue weighted by Crippen LogP contribution is 2.31. The molecule has 146 valence electrons. The molecule has 3 rings (SSSR count). The van der Waals surface area contributed by atoms with E-state index in [9.17, 15) is 13.2 Å². The maximum atomic E-state index is 12.6. The quantitative estimate of drug-likeness (QED) is 0.750. The van der Waals surface area contributed by atoms with Crippen molar-refractivity contribution in [1.82, 2.24) is 10.6 Å². The van der Waals surface area contributed by atoms with Crippen LogP contribution in [0.2, 0.25) is 0 Å². The Morgan fingerprint density at radius 1 is 1.19 bits per heavy atom. The molecule has 0 aromatic heterocycles. The number of ether oxygens (including phenoxy) is 2. The van der Waals surface area contributed by atoms with Crippen LogP contribution in [0, 0.1) is 0 Å². The standard InChI is InChI=1S/C17H24N2O5S.ClH/c1-25(21,22)17(5-8-18-9-6-17)16(20)19-7-4-13-2-3-14-15(12-13)24-11-10-23-14;/h2-3,12,18H,4-11H2,1H3,(H,19,20);1H. The summed E-state index contributed by atoms with van der Waals surface area (Å²) >= 11 is 0. The summed E-state index contributed by atoms with van der Waals surface area (Å²) < 4.78 is 34.2. The molecule has 0 atom stereocenters. The minimum atomic E-state index is -3.48. The van der Waals surface area contributed by atoms with E-state index in [4.69, 9.17) is 9.47 Å². The molecule has 0 saturated carbocycles. The van der Waals surface area contributed by atoms with Gasteiger partial charge in [0, 0.05) is 12.8 Å². The first-order valence-electron chi connectivity index (χ1n) is 8.49. The zero-order chi connectivity index (χ0) is 17.9. The maximum absolute atomic E-state index is 12.6. The normalized spacial score (nSPS) is 18.5. The third-order valence-electron chi connectivity index (χ3n) is 4.84. The highest BCUT2D eigenvalue weighted by molar-refractivity contribution is 7.92. The molecule has 1 aromatic carbocycles. The average molecular weight is 405 g/mol. The Bertz CT molecular complexity index is 748. The third-order valence-corrected chi connectivity index (χ3v) is 6.85. The zero-order valence-electron chi connectivity index (χ0n) is 14.7. The fourth-order valence-electron chi connectivity index (χ4n) is 3.32. The Hall–Kier alpha value is -1.51. The van der Waals surface area contributed by atoms with Gasteiger partial charge in [0.1, 0.15) is 13.2 Å². The number of amides is 1. The Kier molecular flexibility index (Phi) is 6.76. The van der Waals surface area contributed by atoms with Crippen molar-refractivity contribution in [2.75, 3.05) is 39.1 Å². The minimum Gasteiger partial charge on any atom is -0.486 e. The lowest BCUT2D eigenvalue weighted by Crippen LogP contribution is -2.57. The molecule has 0 radical (unpaired) electrons. The van der Waals surface area contributed by atoms with Gasteiger partial charge in [0.15, 0.2) is 26.1 Å². The lowest BCUT2D eigenvalue weighted by Gasteiger charge is -2.34. The Labute approximate surface area is 160 Å². The molecule has 26 heavy (non-hydrogen) atoms. The van der Waals surface area contributed by atoms with Gasteiger partial charge < -0.3 is 20.1 Å². The maximum Gasteiger partial charge on any atom is 0.241 e. The Morgan fingerprint density at radius 3 is 2.50 bits per heavy atom. The first-order chi connectivity index (χ1) is 11.9. The zero-order valence-corrected chi connectivity index (χ0v) is 16.4. The summed E-state index contributed by atoms with van der Waals surface area (Å²) in [4.78, 5) is 12.6. The number of piperidine rings is 1. The van der Waals surface area contributed by atoms with Crippen LogP contribution in [0.4, 0.5) is 0 Å². The van der Waals surface area contributed by atoms with Crippen molar-refractivity contribution < 1.29 is 22.7 Å². The van der Waals surface area contributed by atoms with Crippen LogP contribution in [-0.4, -0.2) is 58.2 Å². The highest BCUT2D eigenvalue weighted by atomic mass is 35.5. The molecule has 2 aliphatic heterocycles. The second-order valence-electron chi connectivity index (χ2n) is 6.50. The molecule has 1 fully saturated rings. The van der Waals surface area contributed by atoms with E-state index in [0.717, 1.165) is 17.6 Å². The lowest BCUT2D eigenvalue weighted by molar-refractivity contribution is -0.124. The van der Waals surface area contributed by atoms with Gasteiger partial charge in [-0.3, -0.25) is 4.79 Å². The molecular weight excluding hydrogens is 380 g/mol. The number of hydrogen-bond donors (Lipinski definition) is 2. The largest absolute Gasteiger partial charge is 0.486 e. The molecule has 9 heteroatoms. The molecule has 0 unspecified atom stereocenters. The van der Waals surface area contributed by atoms with E-state index in [1.807, 2.05) is 18.2 Å².